The van der Waals surface area contributed by atoms with Crippen LogP contribution in [0.2, 0.25) is 0 Å². The summed E-state index contributed by atoms with van der Waals surface area (Å²) in [6.07, 6.45) is 5.23. The second-order valence-electron chi connectivity index (χ2n) is 5.64. The van der Waals surface area contributed by atoms with E-state index >= 15 is 0 Å². The summed E-state index contributed by atoms with van der Waals surface area (Å²) in [5.41, 5.74) is 3.91. The van der Waals surface area contributed by atoms with E-state index in [0.717, 1.165) is 28.3 Å². The predicted molar refractivity (Wildman–Crippen MR) is 73.0 cm³/mol. The molecule has 0 aromatic carbocycles. The van der Waals surface area contributed by atoms with Crippen molar-refractivity contribution < 1.29 is 0 Å². The van der Waals surface area contributed by atoms with Gasteiger partial charge in [-0.3, -0.25) is 0 Å². The Kier molecular flexibility index (Phi) is 2.47. The van der Waals surface area contributed by atoms with Crippen molar-refractivity contribution in [3.05, 3.63) is 34.1 Å². The predicted octanol–water partition coefficient (Wildman–Crippen LogP) is 3.91. The minimum absolute atomic E-state index is 0.405. The minimum atomic E-state index is 0.405. The number of halogens is 1. The molecule has 2 aromatic heterocycles. The molecule has 0 bridgehead atoms. The van der Waals surface area contributed by atoms with Crippen LogP contribution in [0.5, 0.6) is 0 Å². The first-order valence-electron chi connectivity index (χ1n) is 5.98. The summed E-state index contributed by atoms with van der Waals surface area (Å²) in [6.45, 7) is 4.67. The van der Waals surface area contributed by atoms with Crippen LogP contribution in [-0.2, 0) is 12.8 Å². The van der Waals surface area contributed by atoms with Crippen molar-refractivity contribution in [1.29, 1.82) is 0 Å². The molecule has 0 spiro atoms. The quantitative estimate of drug-likeness (QED) is 0.735. The highest BCUT2D eigenvalue weighted by atomic mass is 79.9. The van der Waals surface area contributed by atoms with E-state index in [9.17, 15) is 0 Å². The Balaban J connectivity index is 2.17. The van der Waals surface area contributed by atoms with Gasteiger partial charge in [0.25, 0.3) is 0 Å². The fourth-order valence-corrected chi connectivity index (χ4v) is 2.90. The lowest BCUT2D eigenvalue weighted by Gasteiger charge is -2.30. The zero-order chi connectivity index (χ0) is 12.0. The van der Waals surface area contributed by atoms with Crippen molar-refractivity contribution >= 4 is 27.0 Å². The largest absolute Gasteiger partial charge is 0.235 e. The number of pyridine rings is 2. The molecule has 3 rings (SSSR count). The van der Waals surface area contributed by atoms with Crippen LogP contribution in [0.4, 0.5) is 0 Å². The molecule has 0 saturated heterocycles. The molecule has 2 nitrogen and oxygen atoms in total. The van der Waals surface area contributed by atoms with E-state index in [1.54, 1.807) is 0 Å². The molecule has 1 aliphatic rings. The van der Waals surface area contributed by atoms with Gasteiger partial charge in [-0.25, -0.2) is 9.97 Å². The summed E-state index contributed by atoms with van der Waals surface area (Å²) < 4.78 is 1.02. The first-order valence-corrected chi connectivity index (χ1v) is 6.77. The van der Waals surface area contributed by atoms with Crippen LogP contribution in [0.3, 0.4) is 0 Å². The van der Waals surface area contributed by atoms with Crippen molar-refractivity contribution in [2.75, 3.05) is 0 Å². The Labute approximate surface area is 110 Å². The monoisotopic (exact) mass is 290 g/mol. The van der Waals surface area contributed by atoms with Crippen molar-refractivity contribution in [3.8, 4) is 0 Å². The number of nitrogens with zero attached hydrogens (tertiary/aromatic N) is 2. The van der Waals surface area contributed by atoms with E-state index < -0.39 is 0 Å². The number of aromatic nitrogens is 2. The lowest BCUT2D eigenvalue weighted by atomic mass is 9.76. The Morgan fingerprint density at radius 1 is 1.29 bits per heavy atom. The molecule has 2 aromatic rings. The van der Waals surface area contributed by atoms with Gasteiger partial charge < -0.3 is 0 Å². The molecule has 3 heteroatoms. The third-order valence-electron chi connectivity index (χ3n) is 3.51. The molecule has 1 aliphatic carbocycles. The first kappa shape index (κ1) is 11.1. The standard InChI is InChI=1S/C14H15BrN2/c1-14(2)4-3-12-10(7-14)5-9-6-11(15)8-16-13(9)17-12/h5-6,8H,3-4,7H2,1-2H3. The molecule has 0 fully saturated rings. The highest BCUT2D eigenvalue weighted by Gasteiger charge is 2.26. The van der Waals surface area contributed by atoms with Crippen LogP contribution in [-0.4, -0.2) is 9.97 Å². The second-order valence-corrected chi connectivity index (χ2v) is 6.55. The van der Waals surface area contributed by atoms with Gasteiger partial charge in [-0.15, -0.1) is 0 Å². The summed E-state index contributed by atoms with van der Waals surface area (Å²) in [7, 11) is 0. The van der Waals surface area contributed by atoms with Crippen molar-refractivity contribution in [1.82, 2.24) is 9.97 Å². The van der Waals surface area contributed by atoms with Gasteiger partial charge in [0.15, 0.2) is 5.65 Å². The molecule has 0 unspecified atom stereocenters. The van der Waals surface area contributed by atoms with Crippen LogP contribution in [0, 0.1) is 5.41 Å². The average molecular weight is 291 g/mol. The summed E-state index contributed by atoms with van der Waals surface area (Å²) >= 11 is 3.46. The van der Waals surface area contributed by atoms with Crippen LogP contribution in [0.1, 0.15) is 31.5 Å². The highest BCUT2D eigenvalue weighted by Crippen LogP contribution is 2.35. The fraction of sp³-hybridized carbons (Fsp3) is 0.429. The Morgan fingerprint density at radius 3 is 2.94 bits per heavy atom. The number of rotatable bonds is 0. The molecule has 0 amide bonds. The number of hydrogen-bond donors (Lipinski definition) is 0. The molecular weight excluding hydrogens is 276 g/mol. The smallest absolute Gasteiger partial charge is 0.159 e. The topological polar surface area (TPSA) is 25.8 Å². The van der Waals surface area contributed by atoms with Crippen molar-refractivity contribution in [3.63, 3.8) is 0 Å². The number of aryl methyl sites for hydroxylation is 1. The average Bonchev–Trinajstić information content (AvgIpc) is 2.25. The molecule has 0 aliphatic heterocycles. The van der Waals surface area contributed by atoms with E-state index in [0.29, 0.717) is 5.41 Å². The van der Waals surface area contributed by atoms with Gasteiger partial charge in [0.05, 0.1) is 0 Å². The zero-order valence-corrected chi connectivity index (χ0v) is 11.7. The van der Waals surface area contributed by atoms with E-state index in [-0.39, 0.29) is 0 Å². The molecular formula is C14H15BrN2. The highest BCUT2D eigenvalue weighted by molar-refractivity contribution is 9.10. The van der Waals surface area contributed by atoms with Crippen LogP contribution < -0.4 is 0 Å². The third kappa shape index (κ3) is 2.08. The summed E-state index contributed by atoms with van der Waals surface area (Å²) in [6, 6.07) is 4.35. The molecule has 2 heterocycles. The van der Waals surface area contributed by atoms with Gasteiger partial charge in [0.2, 0.25) is 0 Å². The van der Waals surface area contributed by atoms with E-state index in [1.807, 2.05) is 6.20 Å². The summed E-state index contributed by atoms with van der Waals surface area (Å²) in [5.74, 6) is 0. The maximum absolute atomic E-state index is 4.69. The van der Waals surface area contributed by atoms with Gasteiger partial charge in [-0.1, -0.05) is 13.8 Å². The van der Waals surface area contributed by atoms with Crippen LogP contribution in [0.15, 0.2) is 22.8 Å². The SMILES string of the molecule is CC1(C)CCc2nc3ncc(Br)cc3cc2C1. The molecule has 0 N–H and O–H groups in total. The van der Waals surface area contributed by atoms with E-state index in [2.05, 4.69) is 46.9 Å². The molecule has 0 saturated carbocycles. The number of hydrogen-bond acceptors (Lipinski definition) is 2. The van der Waals surface area contributed by atoms with E-state index in [1.165, 1.54) is 17.7 Å². The number of fused-ring (bicyclic) bond motifs is 2. The van der Waals surface area contributed by atoms with Crippen molar-refractivity contribution in [2.24, 2.45) is 5.41 Å². The molecule has 88 valence electrons. The molecule has 0 radical (unpaired) electrons. The normalized spacial score (nSPS) is 18.1. The lowest BCUT2D eigenvalue weighted by molar-refractivity contribution is 0.313. The maximum Gasteiger partial charge on any atom is 0.159 e. The molecule has 0 atom stereocenters. The Bertz CT molecular complexity index is 590. The lowest BCUT2D eigenvalue weighted by Crippen LogP contribution is -2.23. The van der Waals surface area contributed by atoms with Gasteiger partial charge in [0.1, 0.15) is 0 Å². The van der Waals surface area contributed by atoms with Gasteiger partial charge in [-0.2, -0.15) is 0 Å². The summed E-state index contributed by atoms with van der Waals surface area (Å²) in [5, 5.41) is 1.14. The Hall–Kier alpha value is -0.960. The van der Waals surface area contributed by atoms with E-state index in [4.69, 9.17) is 4.98 Å². The molecule has 17 heavy (non-hydrogen) atoms. The minimum Gasteiger partial charge on any atom is -0.235 e. The van der Waals surface area contributed by atoms with Crippen molar-refractivity contribution in [2.45, 2.75) is 33.1 Å². The van der Waals surface area contributed by atoms with Crippen LogP contribution in [0.25, 0.3) is 11.0 Å². The summed E-state index contributed by atoms with van der Waals surface area (Å²) in [4.78, 5) is 9.06. The third-order valence-corrected chi connectivity index (χ3v) is 3.94. The van der Waals surface area contributed by atoms with Crippen LogP contribution >= 0.6 is 15.9 Å². The van der Waals surface area contributed by atoms with Gasteiger partial charge in [-0.05, 0) is 58.3 Å². The first-order chi connectivity index (χ1) is 8.03. The van der Waals surface area contributed by atoms with Gasteiger partial charge >= 0.3 is 0 Å². The fourth-order valence-electron chi connectivity index (χ4n) is 2.55. The van der Waals surface area contributed by atoms with Gasteiger partial charge in [0, 0.05) is 21.7 Å². The second kappa shape index (κ2) is 3.77. The zero-order valence-electron chi connectivity index (χ0n) is 10.1. The maximum atomic E-state index is 4.69. The Morgan fingerprint density at radius 2 is 2.12 bits per heavy atom.